The van der Waals surface area contributed by atoms with Gasteiger partial charge in [-0.25, -0.2) is 4.79 Å². The first-order chi connectivity index (χ1) is 27.0. The Hall–Kier alpha value is -3.41. The summed E-state index contributed by atoms with van der Waals surface area (Å²) < 4.78 is 20.2. The lowest BCUT2D eigenvalue weighted by Gasteiger charge is -2.60. The summed E-state index contributed by atoms with van der Waals surface area (Å²) in [5.74, 6) is -0.0193. The number of aliphatic hydroxyl groups is 2. The van der Waals surface area contributed by atoms with E-state index in [-0.39, 0.29) is 43.5 Å². The van der Waals surface area contributed by atoms with Gasteiger partial charge in [0.1, 0.15) is 23.1 Å². The van der Waals surface area contributed by atoms with Gasteiger partial charge in [-0.3, -0.25) is 4.79 Å². The molecule has 6 atom stereocenters. The Morgan fingerprint density at radius 3 is 2.46 bits per heavy atom. The number of carbonyl (C=O) groups is 2. The van der Waals surface area contributed by atoms with E-state index >= 15 is 0 Å². The zero-order valence-electron chi connectivity index (χ0n) is 34.7. The minimum atomic E-state index is -1.30. The van der Waals surface area contributed by atoms with Crippen molar-refractivity contribution in [2.75, 3.05) is 32.9 Å². The largest absolute Gasteiger partial charge is 0.459 e. The summed E-state index contributed by atoms with van der Waals surface area (Å²) in [7, 11) is 0. The second-order valence-corrected chi connectivity index (χ2v) is 17.2. The molecule has 3 N–H and O–H groups in total. The van der Waals surface area contributed by atoms with Crippen molar-refractivity contribution in [2.24, 2.45) is 28.8 Å². The average Bonchev–Trinajstić information content (AvgIpc) is 3.70. The predicted molar refractivity (Wildman–Crippen MR) is 219 cm³/mol. The van der Waals surface area contributed by atoms with Crippen LogP contribution in [0.5, 0.6) is 11.5 Å². The summed E-state index contributed by atoms with van der Waals surface area (Å²) in [5.41, 5.74) is 2.12. The molecule has 0 saturated heterocycles. The molecule has 4 aliphatic rings. The number of fused-ring (bicyclic) bond motifs is 2. The molecule has 0 aromatic heterocycles. The van der Waals surface area contributed by atoms with Crippen molar-refractivity contribution in [3.63, 3.8) is 0 Å². The third-order valence-corrected chi connectivity index (χ3v) is 12.0. The minimum absolute atomic E-state index is 0.0734. The highest BCUT2D eigenvalue weighted by atomic mass is 16.7. The molecule has 2 amide bonds. The smallest absolute Gasteiger partial charge is 0.412 e. The van der Waals surface area contributed by atoms with Gasteiger partial charge in [0, 0.05) is 50.6 Å². The first kappa shape index (κ1) is 43.7. The third kappa shape index (κ3) is 10.4. The molecule has 0 unspecified atom stereocenters. The molecule has 1 aliphatic heterocycles. The zero-order valence-corrected chi connectivity index (χ0v) is 34.7. The van der Waals surface area contributed by atoms with Gasteiger partial charge in [0.25, 0.3) is 0 Å². The molecule has 2 saturated carbocycles. The van der Waals surface area contributed by atoms with E-state index in [0.29, 0.717) is 56.2 Å². The molecule has 0 bridgehead atoms. The highest BCUT2D eigenvalue weighted by molar-refractivity contribution is 6.03. The molecule has 0 radical (unpaired) electrons. The number of nitrogens with one attached hydrogen (secondary N) is 1. The number of amides is 2. The SMILES string of the molecule is C=CCO[C@@]12Oc3ccc(OC(=O)NCC)cc3[C@H]3[C@H](CCCCO)[C@@H](CCCCO)C=C(C(=NOC(C)(C)C)C[C@@H]1N(CCC)C(=O)CCC1CCCC1)[C@H]32. The number of benzene rings is 1. The van der Waals surface area contributed by atoms with E-state index in [0.717, 1.165) is 55.4 Å². The molecule has 11 nitrogen and oxygen atoms in total. The molecule has 1 aromatic rings. The van der Waals surface area contributed by atoms with Crippen LogP contribution < -0.4 is 14.8 Å². The molecule has 2 fully saturated rings. The van der Waals surface area contributed by atoms with Gasteiger partial charge in [-0.05, 0) is 108 Å². The fraction of sp³-hybridized carbons (Fsp3) is 0.711. The van der Waals surface area contributed by atoms with Crippen LogP contribution in [0.25, 0.3) is 0 Å². The van der Waals surface area contributed by atoms with Crippen molar-refractivity contribution in [3.05, 3.63) is 48.1 Å². The van der Waals surface area contributed by atoms with E-state index in [1.165, 1.54) is 25.7 Å². The zero-order chi connectivity index (χ0) is 40.3. The summed E-state index contributed by atoms with van der Waals surface area (Å²) in [4.78, 5) is 35.6. The number of nitrogens with zero attached hydrogens (tertiary/aromatic N) is 2. The van der Waals surface area contributed by atoms with Crippen molar-refractivity contribution in [2.45, 2.75) is 148 Å². The van der Waals surface area contributed by atoms with E-state index in [2.05, 4.69) is 24.9 Å². The minimum Gasteiger partial charge on any atom is -0.459 e. The fourth-order valence-electron chi connectivity index (χ4n) is 9.66. The summed E-state index contributed by atoms with van der Waals surface area (Å²) in [6.07, 6.45) is 15.6. The molecule has 1 heterocycles. The fourth-order valence-corrected chi connectivity index (χ4v) is 9.66. The first-order valence-electron chi connectivity index (χ1n) is 21.5. The number of oxime groups is 1. The van der Waals surface area contributed by atoms with Gasteiger partial charge in [0.05, 0.1) is 18.2 Å². The molecule has 11 heteroatoms. The standard InChI is InChI=1S/C45H69N3O8/c1-7-24-48(40(51)23-20-31-16-10-11-17-31)39-30-37(47-56-44(4,5)6)35-28-32(18-12-14-25-49)34(19-13-15-26-50)41-36-29-33(54-43(52)46-9-3)21-22-38(36)55-45(39,42(35)41)53-27-8-2/h8,21-22,28-29,31-32,34,39,41-42,49-50H,2,7,9-20,23-27,30H2,1,3-6H3,(H,46,52)/t32-,34+,39-,41+,42+,45+/m0/s1. The average molecular weight is 780 g/mol. The van der Waals surface area contributed by atoms with Crippen LogP contribution in [0, 0.1) is 23.7 Å². The summed E-state index contributed by atoms with van der Waals surface area (Å²) in [6, 6.07) is 5.03. The second kappa shape index (κ2) is 20.3. The van der Waals surface area contributed by atoms with E-state index in [1.807, 2.05) is 44.7 Å². The highest BCUT2D eigenvalue weighted by Gasteiger charge is 2.65. The van der Waals surface area contributed by atoms with Gasteiger partial charge < -0.3 is 39.5 Å². The number of unbranched alkanes of at least 4 members (excludes halogenated alkanes) is 2. The Balaban J connectivity index is 1.75. The van der Waals surface area contributed by atoms with Gasteiger partial charge >= 0.3 is 6.09 Å². The maximum Gasteiger partial charge on any atom is 0.412 e. The van der Waals surface area contributed by atoms with Crippen molar-refractivity contribution in [3.8, 4) is 11.5 Å². The number of hydrogen-bond donors (Lipinski definition) is 3. The van der Waals surface area contributed by atoms with E-state index in [4.69, 9.17) is 24.2 Å². The topological polar surface area (TPSA) is 139 Å². The lowest BCUT2D eigenvalue weighted by atomic mass is 9.55. The van der Waals surface area contributed by atoms with Crippen LogP contribution in [-0.2, 0) is 14.4 Å². The van der Waals surface area contributed by atoms with E-state index < -0.39 is 29.4 Å². The van der Waals surface area contributed by atoms with Crippen LogP contribution >= 0.6 is 0 Å². The molecule has 5 rings (SSSR count). The Labute approximate surface area is 335 Å². The summed E-state index contributed by atoms with van der Waals surface area (Å²) in [5, 5.41) is 27.4. The first-order valence-corrected chi connectivity index (χ1v) is 21.5. The van der Waals surface area contributed by atoms with Gasteiger partial charge in [-0.15, -0.1) is 6.58 Å². The highest BCUT2D eigenvalue weighted by Crippen LogP contribution is 2.62. The normalized spacial score (nSPS) is 26.4. The Kier molecular flexibility index (Phi) is 15.9. The quantitative estimate of drug-likeness (QED) is 0.0681. The molecule has 1 aromatic carbocycles. The van der Waals surface area contributed by atoms with Crippen LogP contribution in [0.2, 0.25) is 0 Å². The molecule has 3 aliphatic carbocycles. The van der Waals surface area contributed by atoms with Crippen molar-refractivity contribution in [1.82, 2.24) is 10.2 Å². The van der Waals surface area contributed by atoms with Crippen molar-refractivity contribution >= 4 is 17.7 Å². The van der Waals surface area contributed by atoms with Gasteiger partial charge in [0.15, 0.2) is 0 Å². The maximum atomic E-state index is 14.6. The number of aliphatic hydroxyl groups excluding tert-OH is 2. The molecular weight excluding hydrogens is 711 g/mol. The summed E-state index contributed by atoms with van der Waals surface area (Å²) >= 11 is 0. The number of hydrogen-bond acceptors (Lipinski definition) is 9. The molecule has 56 heavy (non-hydrogen) atoms. The van der Waals surface area contributed by atoms with Crippen LogP contribution in [0.1, 0.15) is 136 Å². The Morgan fingerprint density at radius 1 is 1.07 bits per heavy atom. The van der Waals surface area contributed by atoms with E-state index in [1.54, 1.807) is 12.1 Å². The van der Waals surface area contributed by atoms with Crippen LogP contribution in [-0.4, -0.2) is 83.2 Å². The number of rotatable bonds is 20. The van der Waals surface area contributed by atoms with Crippen LogP contribution in [0.15, 0.2) is 47.7 Å². The van der Waals surface area contributed by atoms with Crippen LogP contribution in [0.3, 0.4) is 0 Å². The Bertz CT molecular complexity index is 1530. The maximum absolute atomic E-state index is 14.6. The van der Waals surface area contributed by atoms with Crippen molar-refractivity contribution < 1.29 is 38.9 Å². The van der Waals surface area contributed by atoms with E-state index in [9.17, 15) is 19.8 Å². The van der Waals surface area contributed by atoms with Gasteiger partial charge in [0.2, 0.25) is 11.7 Å². The second-order valence-electron chi connectivity index (χ2n) is 17.2. The molecule has 312 valence electrons. The number of ether oxygens (including phenoxy) is 3. The van der Waals surface area contributed by atoms with Crippen molar-refractivity contribution in [1.29, 1.82) is 0 Å². The van der Waals surface area contributed by atoms with Gasteiger partial charge in [-0.2, -0.15) is 0 Å². The molecular formula is C45H69N3O8. The monoisotopic (exact) mass is 780 g/mol. The summed E-state index contributed by atoms with van der Waals surface area (Å²) in [6.45, 7) is 15.3. The predicted octanol–water partition coefficient (Wildman–Crippen LogP) is 8.44. The number of carbonyl (C=O) groups excluding carboxylic acids is 2. The lowest BCUT2D eigenvalue weighted by Crippen LogP contribution is -2.70. The Morgan fingerprint density at radius 2 is 1.80 bits per heavy atom. The third-order valence-electron chi connectivity index (χ3n) is 12.0. The lowest BCUT2D eigenvalue weighted by molar-refractivity contribution is -0.257. The van der Waals surface area contributed by atoms with Gasteiger partial charge in [-0.1, -0.05) is 62.8 Å². The van der Waals surface area contributed by atoms with Crippen LogP contribution in [0.4, 0.5) is 4.79 Å². The number of allylic oxidation sites excluding steroid dienone is 1. The molecule has 0 spiro atoms.